The van der Waals surface area contributed by atoms with Gasteiger partial charge in [-0.1, -0.05) is 18.9 Å². The van der Waals surface area contributed by atoms with Crippen LogP contribution in [0.15, 0.2) is 28.0 Å². The highest BCUT2D eigenvalue weighted by Crippen LogP contribution is 2.31. The Bertz CT molecular complexity index is 935. The van der Waals surface area contributed by atoms with E-state index in [1.165, 1.54) is 0 Å². The lowest BCUT2D eigenvalue weighted by molar-refractivity contribution is 0.515. The highest BCUT2D eigenvalue weighted by Gasteiger charge is 2.24. The fourth-order valence-electron chi connectivity index (χ4n) is 3.82. The van der Waals surface area contributed by atoms with Crippen molar-refractivity contribution in [1.29, 1.82) is 0 Å². The fourth-order valence-corrected chi connectivity index (χ4v) is 3.82. The molecule has 2 aliphatic rings. The Labute approximate surface area is 146 Å². The van der Waals surface area contributed by atoms with Crippen LogP contribution in [0.4, 0.5) is 5.95 Å². The van der Waals surface area contributed by atoms with E-state index in [0.717, 1.165) is 54.7 Å². The molecule has 0 spiro atoms. The van der Waals surface area contributed by atoms with Crippen molar-refractivity contribution in [2.75, 3.05) is 18.4 Å². The molecule has 1 aliphatic carbocycles. The van der Waals surface area contributed by atoms with Crippen LogP contribution >= 0.6 is 0 Å². The lowest BCUT2D eigenvalue weighted by Crippen LogP contribution is -2.29. The van der Waals surface area contributed by atoms with E-state index < -0.39 is 0 Å². The third kappa shape index (κ3) is 2.75. The van der Waals surface area contributed by atoms with Gasteiger partial charge in [-0.2, -0.15) is 4.98 Å². The molecule has 2 aromatic rings. The zero-order chi connectivity index (χ0) is 17.4. The van der Waals surface area contributed by atoms with Gasteiger partial charge in [-0.3, -0.25) is 14.4 Å². The average molecular weight is 337 g/mol. The fraction of sp³-hybridized carbons (Fsp3) is 0.474. The zero-order valence-electron chi connectivity index (χ0n) is 14.7. The molecule has 0 amide bonds. The van der Waals surface area contributed by atoms with Gasteiger partial charge in [0.1, 0.15) is 5.65 Å². The summed E-state index contributed by atoms with van der Waals surface area (Å²) in [5, 5.41) is 4.11. The minimum absolute atomic E-state index is 0.0187. The van der Waals surface area contributed by atoms with Gasteiger partial charge in [0.15, 0.2) is 0 Å². The van der Waals surface area contributed by atoms with Crippen LogP contribution in [0.1, 0.15) is 49.9 Å². The van der Waals surface area contributed by atoms with E-state index >= 15 is 0 Å². The van der Waals surface area contributed by atoms with Crippen molar-refractivity contribution >= 4 is 22.7 Å². The second kappa shape index (κ2) is 6.43. The Morgan fingerprint density at radius 1 is 1.28 bits per heavy atom. The minimum Gasteiger partial charge on any atom is -0.354 e. The Hall–Kier alpha value is -2.50. The van der Waals surface area contributed by atoms with Gasteiger partial charge in [0, 0.05) is 18.0 Å². The van der Waals surface area contributed by atoms with Crippen molar-refractivity contribution < 1.29 is 0 Å². The number of aliphatic imine (C=N–C) groups is 1. The number of allylic oxidation sites excluding steroid dienone is 1. The van der Waals surface area contributed by atoms with E-state index in [1.54, 1.807) is 0 Å². The van der Waals surface area contributed by atoms with Crippen molar-refractivity contribution in [2.45, 2.75) is 45.6 Å². The molecule has 0 unspecified atom stereocenters. The summed E-state index contributed by atoms with van der Waals surface area (Å²) in [7, 11) is 0. The Kier molecular flexibility index (Phi) is 4.11. The number of hydrogen-bond acceptors (Lipinski definition) is 5. The number of pyridine rings is 1. The lowest BCUT2D eigenvalue weighted by atomic mass is 10.1. The highest BCUT2D eigenvalue weighted by atomic mass is 16.1. The zero-order valence-corrected chi connectivity index (χ0v) is 14.7. The number of fused-ring (bicyclic) bond motifs is 1. The molecular weight excluding hydrogens is 314 g/mol. The normalized spacial score (nSPS) is 17.4. The van der Waals surface area contributed by atoms with Crippen LogP contribution in [0.25, 0.3) is 11.0 Å². The molecule has 0 atom stereocenters. The van der Waals surface area contributed by atoms with Gasteiger partial charge >= 0.3 is 0 Å². The molecule has 0 bridgehead atoms. The molecule has 1 N–H and O–H groups in total. The summed E-state index contributed by atoms with van der Waals surface area (Å²) in [6, 6.07) is 2.13. The minimum atomic E-state index is 0.0187. The van der Waals surface area contributed by atoms with Crippen LogP contribution < -0.4 is 10.9 Å². The molecule has 130 valence electrons. The first-order valence-corrected chi connectivity index (χ1v) is 9.08. The highest BCUT2D eigenvalue weighted by molar-refractivity contribution is 6.11. The van der Waals surface area contributed by atoms with Crippen LogP contribution in [-0.2, 0) is 0 Å². The first kappa shape index (κ1) is 16.0. The monoisotopic (exact) mass is 337 g/mol. The van der Waals surface area contributed by atoms with Crippen molar-refractivity contribution in [1.82, 2.24) is 14.5 Å². The maximum Gasteiger partial charge on any atom is 0.261 e. The van der Waals surface area contributed by atoms with E-state index in [9.17, 15) is 4.79 Å². The topological polar surface area (TPSA) is 72.2 Å². The predicted molar refractivity (Wildman–Crippen MR) is 101 cm³/mol. The van der Waals surface area contributed by atoms with Crippen LogP contribution in [0.2, 0.25) is 0 Å². The molecule has 25 heavy (non-hydrogen) atoms. The quantitative estimate of drug-likeness (QED) is 0.931. The van der Waals surface area contributed by atoms with Gasteiger partial charge in [-0.25, -0.2) is 4.98 Å². The largest absolute Gasteiger partial charge is 0.354 e. The van der Waals surface area contributed by atoms with E-state index in [1.807, 2.05) is 36.6 Å². The molecule has 1 fully saturated rings. The third-order valence-corrected chi connectivity index (χ3v) is 5.03. The summed E-state index contributed by atoms with van der Waals surface area (Å²) < 4.78 is 1.90. The second-order valence-corrected chi connectivity index (χ2v) is 6.70. The predicted octanol–water partition coefficient (Wildman–Crippen LogP) is 3.01. The van der Waals surface area contributed by atoms with E-state index in [0.29, 0.717) is 18.1 Å². The molecular formula is C19H23N5O. The first-order valence-electron chi connectivity index (χ1n) is 9.08. The van der Waals surface area contributed by atoms with E-state index in [2.05, 4.69) is 20.3 Å². The summed E-state index contributed by atoms with van der Waals surface area (Å²) in [5.74, 6) is 0.587. The van der Waals surface area contributed by atoms with E-state index in [4.69, 9.17) is 0 Å². The molecule has 0 saturated heterocycles. The van der Waals surface area contributed by atoms with Gasteiger partial charge in [0.25, 0.3) is 5.56 Å². The standard InChI is InChI=1S/C19H23N5O/c1-3-20-19-22-12(2)14-11-15(16-9-6-10-21-16)18(25)24(17(14)23-19)13-7-4-5-8-13/h6,9,11,13H,3-5,7-8,10H2,1-2H3,(H,20,22,23). The number of nitrogens with one attached hydrogen (secondary N) is 1. The number of nitrogens with zero attached hydrogens (tertiary/aromatic N) is 4. The summed E-state index contributed by atoms with van der Waals surface area (Å²) >= 11 is 0. The summed E-state index contributed by atoms with van der Waals surface area (Å²) in [6.45, 7) is 5.38. The molecule has 6 heteroatoms. The number of aryl methyl sites for hydroxylation is 1. The van der Waals surface area contributed by atoms with Crippen molar-refractivity contribution in [2.24, 2.45) is 4.99 Å². The molecule has 4 rings (SSSR count). The molecule has 6 nitrogen and oxygen atoms in total. The lowest BCUT2D eigenvalue weighted by Gasteiger charge is -2.19. The molecule has 3 heterocycles. The van der Waals surface area contributed by atoms with Gasteiger partial charge in [-0.05, 0) is 38.8 Å². The maximum atomic E-state index is 13.3. The van der Waals surface area contributed by atoms with Gasteiger partial charge < -0.3 is 5.32 Å². The second-order valence-electron chi connectivity index (χ2n) is 6.70. The average Bonchev–Trinajstić information content (AvgIpc) is 3.28. The molecule has 0 radical (unpaired) electrons. The maximum absolute atomic E-state index is 13.3. The number of hydrogen-bond donors (Lipinski definition) is 1. The summed E-state index contributed by atoms with van der Waals surface area (Å²) in [5.41, 5.74) is 3.08. The Morgan fingerprint density at radius 2 is 2.08 bits per heavy atom. The molecule has 1 aliphatic heterocycles. The first-order chi connectivity index (χ1) is 12.2. The smallest absolute Gasteiger partial charge is 0.261 e. The van der Waals surface area contributed by atoms with Crippen LogP contribution in [0.5, 0.6) is 0 Å². The Balaban J connectivity index is 2.02. The van der Waals surface area contributed by atoms with E-state index in [-0.39, 0.29) is 11.6 Å². The van der Waals surface area contributed by atoms with Gasteiger partial charge in [0.05, 0.1) is 23.5 Å². The number of rotatable bonds is 4. The van der Waals surface area contributed by atoms with Crippen molar-refractivity contribution in [3.8, 4) is 0 Å². The third-order valence-electron chi connectivity index (χ3n) is 5.03. The molecule has 2 aromatic heterocycles. The van der Waals surface area contributed by atoms with Crippen LogP contribution in [0.3, 0.4) is 0 Å². The van der Waals surface area contributed by atoms with Crippen LogP contribution in [-0.4, -0.2) is 33.3 Å². The van der Waals surface area contributed by atoms with Crippen molar-refractivity contribution in [3.05, 3.63) is 39.8 Å². The van der Waals surface area contributed by atoms with Crippen molar-refractivity contribution in [3.63, 3.8) is 0 Å². The number of anilines is 1. The molecule has 1 saturated carbocycles. The van der Waals surface area contributed by atoms with Gasteiger partial charge in [0.2, 0.25) is 5.95 Å². The molecule has 0 aromatic carbocycles. The SMILES string of the molecule is CCNc1nc(C)c2cc(C3=NCC=C3)c(=O)n(C3CCCC3)c2n1. The Morgan fingerprint density at radius 3 is 2.76 bits per heavy atom. The van der Waals surface area contributed by atoms with Gasteiger partial charge in [-0.15, -0.1) is 0 Å². The summed E-state index contributed by atoms with van der Waals surface area (Å²) in [4.78, 5) is 27.0. The summed E-state index contributed by atoms with van der Waals surface area (Å²) in [6.07, 6.45) is 8.30. The number of aromatic nitrogens is 3. The van der Waals surface area contributed by atoms with Crippen LogP contribution in [0, 0.1) is 6.92 Å².